The molecular weight excluding hydrogens is 2100 g/mol. The van der Waals surface area contributed by atoms with Crippen LogP contribution in [0.3, 0.4) is 0 Å². The molecule has 6 atom stereocenters. The van der Waals surface area contributed by atoms with E-state index in [1.807, 2.05) is 147 Å². The van der Waals surface area contributed by atoms with E-state index < -0.39 is 53.5 Å². The normalized spacial score (nSPS) is 17.8. The zero-order chi connectivity index (χ0) is 108. The molecule has 0 bridgehead atoms. The number of carbonyl (C=O) groups excluding carboxylic acids is 9. The van der Waals surface area contributed by atoms with Gasteiger partial charge in [-0.15, -0.1) is 0 Å². The summed E-state index contributed by atoms with van der Waals surface area (Å²) in [6.07, 6.45) is 17.1. The summed E-state index contributed by atoms with van der Waals surface area (Å²) in [7, 11) is 6.47. The number of carbonyl (C=O) groups is 10. The minimum Gasteiger partial charge on any atom is -0.480 e. The zero-order valence-corrected chi connectivity index (χ0v) is 91.5. The molecule has 41 nitrogen and oxygen atoms in total. The van der Waals surface area contributed by atoms with Gasteiger partial charge in [-0.2, -0.15) is 20.4 Å². The van der Waals surface area contributed by atoms with Crippen LogP contribution in [0.5, 0.6) is 0 Å². The first-order chi connectivity index (χ1) is 70.2. The second-order valence-electron chi connectivity index (χ2n) is 40.3. The number of nitrogens with zero attached hydrogens (tertiary/aromatic N) is 19. The van der Waals surface area contributed by atoms with Crippen LogP contribution in [0.2, 0.25) is 0 Å². The lowest BCUT2D eigenvalue weighted by Crippen LogP contribution is -2.47. The number of Topliss-reactive ketones (excluding diaryl/α,β-unsaturated/α-hetero) is 4. The Labute approximate surface area is 885 Å². The lowest BCUT2D eigenvalue weighted by atomic mass is 9.78. The number of aromatic nitrogens is 18. The minimum absolute atomic E-state index is 0.0106. The van der Waals surface area contributed by atoms with Crippen LogP contribution < -0.4 is 42.7 Å². The molecule has 10 aromatic heterocycles. The minimum atomic E-state index is -1.02. The molecule has 3 saturated heterocycles. The van der Waals surface area contributed by atoms with Crippen molar-refractivity contribution in [2.45, 2.75) is 223 Å². The molecule has 8 N–H and O–H groups in total. The number of esters is 2. The quantitative estimate of drug-likeness (QED) is 0.0121. The van der Waals surface area contributed by atoms with Crippen molar-refractivity contribution in [1.82, 2.24) is 99.2 Å². The lowest BCUT2D eigenvalue weighted by Gasteiger charge is -2.32. The fraction of sp³-hybridized carbons (Fsp3) is 0.385. The van der Waals surface area contributed by atoms with Crippen molar-refractivity contribution in [3.8, 4) is 33.4 Å². The van der Waals surface area contributed by atoms with E-state index >= 15 is 0 Å². The van der Waals surface area contributed by atoms with Crippen LogP contribution in [-0.2, 0) is 73.7 Å². The molecule has 5 aliphatic rings. The summed E-state index contributed by atoms with van der Waals surface area (Å²) in [6, 6.07) is 29.4. The largest absolute Gasteiger partial charge is 0.494 e. The average Bonchev–Trinajstić information content (AvgIpc) is 1.54. The van der Waals surface area contributed by atoms with E-state index in [4.69, 9.17) is 23.9 Å². The van der Waals surface area contributed by atoms with Crippen LogP contribution in [0, 0.1) is 24.7 Å². The molecule has 19 rings (SSSR count). The molecule has 2 saturated carbocycles. The first kappa shape index (κ1) is 110. The molecule has 45 heteroatoms. The van der Waals surface area contributed by atoms with Gasteiger partial charge in [0.05, 0.1) is 43.8 Å². The Bertz CT molecular complexity index is 7480. The lowest BCUT2D eigenvalue weighted by molar-refractivity contribution is -0.156. The summed E-state index contributed by atoms with van der Waals surface area (Å²) < 4.78 is 31.1. The van der Waals surface area contributed by atoms with E-state index in [0.29, 0.717) is 113 Å². The number of benzene rings is 4. The number of anilines is 6. The van der Waals surface area contributed by atoms with E-state index in [0.717, 1.165) is 71.9 Å². The smallest absolute Gasteiger partial charge is 0.480 e. The summed E-state index contributed by atoms with van der Waals surface area (Å²) in [4.78, 5) is 167. The third-order valence-electron chi connectivity index (χ3n) is 25.9. The third kappa shape index (κ3) is 26.2. The van der Waals surface area contributed by atoms with Gasteiger partial charge in [0.2, 0.25) is 41.5 Å². The molecule has 778 valence electrons. The van der Waals surface area contributed by atoms with Gasteiger partial charge in [0.15, 0.2) is 23.1 Å². The number of hydrogen-bond acceptors (Lipinski definition) is 33. The first-order valence-corrected chi connectivity index (χ1v) is 50.3. The number of ether oxygens (including phenoxy) is 2. The van der Waals surface area contributed by atoms with Crippen LogP contribution in [0.1, 0.15) is 190 Å². The van der Waals surface area contributed by atoms with Gasteiger partial charge in [0.25, 0.3) is 0 Å². The van der Waals surface area contributed by atoms with Gasteiger partial charge in [-0.25, -0.2) is 49.8 Å². The van der Waals surface area contributed by atoms with Crippen molar-refractivity contribution in [3.63, 3.8) is 0 Å². The fourth-order valence-corrected chi connectivity index (χ4v) is 18.2. The maximum atomic E-state index is 13.8. The zero-order valence-electron chi connectivity index (χ0n) is 86.7. The second-order valence-corrected chi connectivity index (χ2v) is 42.8. The highest BCUT2D eigenvalue weighted by Gasteiger charge is 2.65. The van der Waals surface area contributed by atoms with Gasteiger partial charge < -0.3 is 66.0 Å². The molecular formula is C104H118BBr3N26O15. The maximum absolute atomic E-state index is 13.8. The van der Waals surface area contributed by atoms with Crippen LogP contribution in [0.4, 0.5) is 35.4 Å². The van der Waals surface area contributed by atoms with Crippen LogP contribution >= 0.6 is 47.8 Å². The second kappa shape index (κ2) is 44.9. The summed E-state index contributed by atoms with van der Waals surface area (Å²) in [6.45, 7) is 32.2. The summed E-state index contributed by atoms with van der Waals surface area (Å²) in [5.74, 6) is 0.234. The van der Waals surface area contributed by atoms with Gasteiger partial charge in [0, 0.05) is 156 Å². The predicted molar refractivity (Wildman–Crippen MR) is 575 cm³/mol. The van der Waals surface area contributed by atoms with Crippen molar-refractivity contribution >= 4 is 198 Å². The number of carboxylic acid groups (broad SMARTS) is 1. The Morgan fingerprint density at radius 2 is 0.785 bits per heavy atom. The number of halogens is 3. The number of piperidine rings is 2. The number of amides is 3. The average molecular weight is 2220 g/mol. The number of rotatable bonds is 24. The van der Waals surface area contributed by atoms with Crippen LogP contribution in [0.15, 0.2) is 160 Å². The number of hydrogen-bond donors (Lipinski definition) is 8. The summed E-state index contributed by atoms with van der Waals surface area (Å²) >= 11 is 9.89. The Hall–Kier alpha value is -14.5. The molecule has 3 amide bonds. The van der Waals surface area contributed by atoms with Crippen LogP contribution in [-0.4, -0.2) is 240 Å². The third-order valence-corrected chi connectivity index (χ3v) is 27.2. The maximum Gasteiger partial charge on any atom is 0.494 e. The highest BCUT2D eigenvalue weighted by Crippen LogP contribution is 2.59. The number of carboxylic acids is 1. The molecule has 14 aromatic rings. The topological polar surface area (TPSA) is 515 Å². The molecule has 0 spiro atoms. The molecule has 3 aliphatic heterocycles. The summed E-state index contributed by atoms with van der Waals surface area (Å²) in [5.41, 5.74) is 9.45. The predicted octanol–water partition coefficient (Wildman–Crippen LogP) is 15.5. The molecule has 4 aromatic carbocycles. The number of aryl methyl sites for hydroxylation is 2. The number of aliphatic carboxylic acids is 1. The summed E-state index contributed by atoms with van der Waals surface area (Å²) in [5, 5.41) is 49.6. The Morgan fingerprint density at radius 1 is 0.436 bits per heavy atom. The SMILES string of the molecule is CC(=O)c1nn(CC(=O)OC(C)(C)C)c2ccc(B3OC(C)(C)C(C)(C)O3)cc12.CNc1ncc(-c2ccc3c(c2)c(C(C)=O)nn3CC(=O)N2[C@H](C(=O)Nc3nc(Br)ccc3C)C[C@@]3(C)C[C@@H]23)cn1.CNc1ncc(-c2ccc3c(c2)c(C(C)=O)nn3CC(=O)O)cn1.CNc1ncc(-c2ccc3c(c2)c(C(C)=O)nn3CC(=O)OC(C)(C)C)cn1.CNc1ncc(Br)cn1.Cc1ccc(Br)nc1NC(=O)[C@@H]1C[C@@]2(C)C[C@H]2N1. The number of pyridine rings is 2. The Balaban J connectivity index is 0.000000147. The molecule has 149 heavy (non-hydrogen) atoms. The van der Waals surface area contributed by atoms with E-state index in [2.05, 4.69) is 169 Å². The van der Waals surface area contributed by atoms with Crippen LogP contribution in [0.25, 0.3) is 77.0 Å². The number of ketones is 4. The van der Waals surface area contributed by atoms with E-state index in [1.165, 1.54) is 48.2 Å². The van der Waals surface area contributed by atoms with E-state index in [1.54, 1.807) is 120 Å². The molecule has 13 heterocycles. The van der Waals surface area contributed by atoms with Crippen molar-refractivity contribution < 1.29 is 71.8 Å². The van der Waals surface area contributed by atoms with Gasteiger partial charge in [0.1, 0.15) is 87.0 Å². The van der Waals surface area contributed by atoms with Crippen molar-refractivity contribution in [2.24, 2.45) is 10.8 Å². The monoisotopic (exact) mass is 2220 g/mol. The van der Waals surface area contributed by atoms with Crippen molar-refractivity contribution in [2.75, 3.05) is 60.1 Å². The fourth-order valence-electron chi connectivity index (χ4n) is 17.4. The number of fused-ring (bicyclic) bond motifs is 6. The molecule has 0 radical (unpaired) electrons. The highest BCUT2D eigenvalue weighted by atomic mass is 79.9. The first-order valence-electron chi connectivity index (χ1n) is 47.9. The van der Waals surface area contributed by atoms with Gasteiger partial charge in [-0.05, 0) is 255 Å². The number of likely N-dealkylation sites (tertiary alicyclic amines) is 1. The standard InChI is InChI=1S/C29H29BrN8O3.C21H29BN2O5.C20H23N5O3.C16H15N5O3.C13H16BrN3O.C5H6BrN3/c1-15-5-8-23(30)34-26(15)35-27(41)21-10-29(3)11-22(29)38(21)24(40)14-37-20-7-6-17(9-19(20)25(36-37)16(2)39)18-12-32-28(31-4)33-13-18;1-13(25)18-15-11-14(22-28-20(5,6)21(7,8)29-22)9-10-16(15)24(23-18)12-17(26)27-19(2,3)4;1-12(26)18-15-8-13(14-9-22-19(21-5)23-10-14)6-7-16(15)25(24-18)11-17(27)28-20(2,3)4;1-9(22)15-12-5-10(11-6-18-16(17-2)19-7-11)3-4-13(12)21(20-15)8-14(23)24;1-7-3-4-10(14)16-11(7)17-12(18)8-5-13(2)6-9(13)15-8;1-7-5-8-2-4(6)3-9-5/h5-9,12-13,21-22H,10-11,14H2,1-4H3,(H,31,32,33)(H,34,35,41);9-11H,12H2,1-8H3;6-10H,11H2,1-5H3,(H,21,22,23);3-7H,8H2,1-2H3,(H,23,24)(H,17,18,19);3-4,8-9,15H,5-6H2,1-2H3,(H,16,17,18);2-3H,1H3,(H,7,8,9)/t21-,22+,29-;;;;8-,9+,13-;/m0...0./s1. The molecule has 2 aliphatic carbocycles. The van der Waals surface area contributed by atoms with Gasteiger partial charge in [-0.1, -0.05) is 56.3 Å². The van der Waals surface area contributed by atoms with Gasteiger partial charge >= 0.3 is 25.0 Å². The number of nitrogens with one attached hydrogen (secondary N) is 7. The van der Waals surface area contributed by atoms with E-state index in [-0.39, 0.29) is 95.9 Å². The Morgan fingerprint density at radius 3 is 1.13 bits per heavy atom. The van der Waals surface area contributed by atoms with E-state index in [9.17, 15) is 47.9 Å². The van der Waals surface area contributed by atoms with Crippen molar-refractivity contribution in [3.05, 3.63) is 194 Å². The molecule has 5 fully saturated rings. The molecule has 0 unspecified atom stereocenters. The van der Waals surface area contributed by atoms with Crippen molar-refractivity contribution in [1.29, 1.82) is 0 Å². The van der Waals surface area contributed by atoms with Gasteiger partial charge in [-0.3, -0.25) is 66.7 Å². The highest BCUT2D eigenvalue weighted by molar-refractivity contribution is 9.11. The Kier molecular flexibility index (Phi) is 33.2.